The molecule has 0 heterocycles. The molecule has 0 radical (unpaired) electrons. The Morgan fingerprint density at radius 3 is 2.31 bits per heavy atom. The molecule has 0 aliphatic rings. The Kier molecular flexibility index (Phi) is 8.03. The third kappa shape index (κ3) is 6.98. The van der Waals surface area contributed by atoms with E-state index >= 15 is 0 Å². The first-order chi connectivity index (χ1) is 15.5. The van der Waals surface area contributed by atoms with Gasteiger partial charge in [-0.2, -0.15) is 0 Å². The maximum absolute atomic E-state index is 12.4. The number of carbonyl (C=O) groups excluding carboxylic acids is 1. The zero-order chi connectivity index (χ0) is 22.8. The van der Waals surface area contributed by atoms with Crippen LogP contribution >= 0.6 is 0 Å². The summed E-state index contributed by atoms with van der Waals surface area (Å²) in [6.07, 6.45) is -0.00379. The van der Waals surface area contributed by atoms with E-state index in [-0.39, 0.29) is 23.8 Å². The Morgan fingerprint density at radius 1 is 0.906 bits per heavy atom. The average Bonchev–Trinajstić information content (AvgIpc) is 2.79. The molecule has 0 atom stereocenters. The molecule has 164 valence electrons. The van der Waals surface area contributed by atoms with Crippen molar-refractivity contribution in [3.63, 3.8) is 0 Å². The maximum Gasteiger partial charge on any atom is 0.240 e. The smallest absolute Gasteiger partial charge is 0.240 e. The van der Waals surface area contributed by atoms with E-state index in [1.807, 2.05) is 43.3 Å². The Morgan fingerprint density at radius 2 is 1.59 bits per heavy atom. The van der Waals surface area contributed by atoms with Gasteiger partial charge in [0.25, 0.3) is 0 Å². The highest BCUT2D eigenvalue weighted by Crippen LogP contribution is 2.16. The Labute approximate surface area is 188 Å². The quantitative estimate of drug-likeness (QED) is 0.514. The Bertz CT molecular complexity index is 1210. The number of amides is 1. The summed E-state index contributed by atoms with van der Waals surface area (Å²) >= 11 is 0. The second kappa shape index (κ2) is 11.1. The monoisotopic (exact) mass is 448 g/mol. The summed E-state index contributed by atoms with van der Waals surface area (Å²) in [5, 5.41) is 2.77. The van der Waals surface area contributed by atoms with Gasteiger partial charge in [-0.05, 0) is 61.5 Å². The number of anilines is 1. The zero-order valence-electron chi connectivity index (χ0n) is 17.7. The third-order valence-corrected chi connectivity index (χ3v) is 5.84. The molecule has 3 aromatic carbocycles. The summed E-state index contributed by atoms with van der Waals surface area (Å²) in [6.45, 7) is 2.34. The molecule has 32 heavy (non-hydrogen) atoms. The van der Waals surface area contributed by atoms with Gasteiger partial charge < -0.3 is 10.1 Å². The van der Waals surface area contributed by atoms with Gasteiger partial charge in [0.1, 0.15) is 5.75 Å². The van der Waals surface area contributed by atoms with Crippen LogP contribution in [0.3, 0.4) is 0 Å². The Balaban J connectivity index is 1.52. The Hall–Kier alpha value is -3.60. The van der Waals surface area contributed by atoms with Gasteiger partial charge in [-0.3, -0.25) is 4.79 Å². The number of carbonyl (C=O) groups is 1. The molecule has 0 spiro atoms. The number of benzene rings is 3. The van der Waals surface area contributed by atoms with E-state index in [9.17, 15) is 13.2 Å². The second-order valence-electron chi connectivity index (χ2n) is 6.80. The highest BCUT2D eigenvalue weighted by atomic mass is 32.2. The first-order valence-corrected chi connectivity index (χ1v) is 11.6. The van der Waals surface area contributed by atoms with Crippen LogP contribution in [-0.2, 0) is 14.8 Å². The second-order valence-corrected chi connectivity index (χ2v) is 8.56. The number of sulfonamides is 1. The van der Waals surface area contributed by atoms with Crippen LogP contribution < -0.4 is 14.8 Å². The average molecular weight is 449 g/mol. The van der Waals surface area contributed by atoms with Gasteiger partial charge in [0.05, 0.1) is 11.5 Å². The van der Waals surface area contributed by atoms with Crippen molar-refractivity contribution in [2.45, 2.75) is 18.2 Å². The highest BCUT2D eigenvalue weighted by Gasteiger charge is 2.14. The lowest BCUT2D eigenvalue weighted by atomic mass is 10.1. The fraction of sp³-hybridized carbons (Fsp3) is 0.160. The van der Waals surface area contributed by atoms with Crippen molar-refractivity contribution in [2.24, 2.45) is 0 Å². The molecule has 0 aliphatic heterocycles. The maximum atomic E-state index is 12.4. The summed E-state index contributed by atoms with van der Waals surface area (Å²) in [6, 6.07) is 22.9. The molecule has 0 bridgehead atoms. The fourth-order valence-electron chi connectivity index (χ4n) is 2.83. The summed E-state index contributed by atoms with van der Waals surface area (Å²) in [7, 11) is -3.70. The largest absolute Gasteiger partial charge is 0.494 e. The minimum Gasteiger partial charge on any atom is -0.494 e. The minimum atomic E-state index is -3.70. The van der Waals surface area contributed by atoms with E-state index in [0.717, 1.165) is 11.1 Å². The van der Waals surface area contributed by atoms with Gasteiger partial charge in [0.2, 0.25) is 15.9 Å². The van der Waals surface area contributed by atoms with Gasteiger partial charge in [-0.25, -0.2) is 13.1 Å². The van der Waals surface area contributed by atoms with Gasteiger partial charge in [-0.15, -0.1) is 0 Å². The van der Waals surface area contributed by atoms with Gasteiger partial charge in [0.15, 0.2) is 0 Å². The van der Waals surface area contributed by atoms with Crippen molar-refractivity contribution in [3.05, 3.63) is 90.0 Å². The lowest BCUT2D eigenvalue weighted by molar-refractivity contribution is -0.116. The SMILES string of the molecule is CCOc1ccc(S(=O)(=O)NCCC(=O)Nc2cccc(C#Cc3ccccc3)c2)cc1. The van der Waals surface area contributed by atoms with Crippen molar-refractivity contribution >= 4 is 21.6 Å². The van der Waals surface area contributed by atoms with E-state index in [4.69, 9.17) is 4.74 Å². The fourth-order valence-corrected chi connectivity index (χ4v) is 3.86. The van der Waals surface area contributed by atoms with Gasteiger partial charge in [0, 0.05) is 29.8 Å². The number of hydrogen-bond acceptors (Lipinski definition) is 4. The van der Waals surface area contributed by atoms with Crippen molar-refractivity contribution in [3.8, 4) is 17.6 Å². The predicted octanol–water partition coefficient (Wildman–Crippen LogP) is 3.79. The number of nitrogens with one attached hydrogen (secondary N) is 2. The zero-order valence-corrected chi connectivity index (χ0v) is 18.5. The van der Waals surface area contributed by atoms with Crippen molar-refractivity contribution in [1.82, 2.24) is 4.72 Å². The van der Waals surface area contributed by atoms with Crippen LogP contribution in [-0.4, -0.2) is 27.5 Å². The molecule has 2 N–H and O–H groups in total. The normalized spacial score (nSPS) is 10.7. The lowest BCUT2D eigenvalue weighted by Crippen LogP contribution is -2.27. The first kappa shape index (κ1) is 23.1. The van der Waals surface area contributed by atoms with Crippen LogP contribution in [0, 0.1) is 11.8 Å². The van der Waals surface area contributed by atoms with Crippen LogP contribution in [0.4, 0.5) is 5.69 Å². The van der Waals surface area contributed by atoms with Crippen LogP contribution in [0.5, 0.6) is 5.75 Å². The molecule has 6 nitrogen and oxygen atoms in total. The molecule has 7 heteroatoms. The van der Waals surface area contributed by atoms with Crippen LogP contribution in [0.25, 0.3) is 0 Å². The molecule has 3 aromatic rings. The lowest BCUT2D eigenvalue weighted by Gasteiger charge is -2.09. The van der Waals surface area contributed by atoms with E-state index in [1.165, 1.54) is 12.1 Å². The summed E-state index contributed by atoms with van der Waals surface area (Å²) in [5.74, 6) is 6.44. The van der Waals surface area contributed by atoms with E-state index in [0.29, 0.717) is 18.0 Å². The topological polar surface area (TPSA) is 84.5 Å². The third-order valence-electron chi connectivity index (χ3n) is 4.36. The van der Waals surface area contributed by atoms with Crippen LogP contribution in [0.2, 0.25) is 0 Å². The van der Waals surface area contributed by atoms with Crippen LogP contribution in [0.1, 0.15) is 24.5 Å². The summed E-state index contributed by atoms with van der Waals surface area (Å²) in [4.78, 5) is 12.4. The molecule has 1 amide bonds. The molecule has 0 fully saturated rings. The summed E-state index contributed by atoms with van der Waals surface area (Å²) in [5.41, 5.74) is 2.27. The van der Waals surface area contributed by atoms with Gasteiger partial charge >= 0.3 is 0 Å². The molecule has 0 aliphatic carbocycles. The van der Waals surface area contributed by atoms with Crippen molar-refractivity contribution in [1.29, 1.82) is 0 Å². The molecule has 0 unspecified atom stereocenters. The van der Waals surface area contributed by atoms with Crippen molar-refractivity contribution < 1.29 is 17.9 Å². The predicted molar refractivity (Wildman–Crippen MR) is 125 cm³/mol. The number of hydrogen-bond donors (Lipinski definition) is 2. The number of ether oxygens (including phenoxy) is 1. The van der Waals surface area contributed by atoms with Gasteiger partial charge in [-0.1, -0.05) is 36.1 Å². The first-order valence-electron chi connectivity index (χ1n) is 10.2. The molecule has 0 aromatic heterocycles. The number of rotatable bonds is 8. The minimum absolute atomic E-state index is 0.00379. The van der Waals surface area contributed by atoms with Crippen LogP contribution in [0.15, 0.2) is 83.8 Å². The van der Waals surface area contributed by atoms with E-state index < -0.39 is 10.0 Å². The van der Waals surface area contributed by atoms with E-state index in [1.54, 1.807) is 30.3 Å². The highest BCUT2D eigenvalue weighted by molar-refractivity contribution is 7.89. The summed E-state index contributed by atoms with van der Waals surface area (Å²) < 4.78 is 32.5. The molecular weight excluding hydrogens is 424 g/mol. The van der Waals surface area contributed by atoms with E-state index in [2.05, 4.69) is 21.9 Å². The molecule has 3 rings (SSSR count). The molecular formula is C25H24N2O4S. The molecule has 0 saturated heterocycles. The standard InChI is InChI=1S/C25H24N2O4S/c1-2-31-23-13-15-24(16-14-23)32(29,30)26-18-17-25(28)27-22-10-6-9-21(19-22)12-11-20-7-4-3-5-8-20/h3-10,13-16,19,26H,2,17-18H2,1H3,(H,27,28). The van der Waals surface area contributed by atoms with Crippen molar-refractivity contribution in [2.75, 3.05) is 18.5 Å². The molecule has 0 saturated carbocycles.